The normalized spacial score (nSPS) is 12.2. The third-order valence-electron chi connectivity index (χ3n) is 5.11. The number of amides is 2. The maximum absolute atomic E-state index is 13.4. The van der Waals surface area contributed by atoms with Gasteiger partial charge >= 0.3 is 0 Å². The van der Waals surface area contributed by atoms with Gasteiger partial charge in [0.05, 0.1) is 11.9 Å². The lowest BCUT2D eigenvalue weighted by Crippen LogP contribution is -2.51. The molecule has 9 heteroatoms. The first-order valence-corrected chi connectivity index (χ1v) is 12.5. The summed E-state index contributed by atoms with van der Waals surface area (Å²) >= 11 is 6.09. The summed E-state index contributed by atoms with van der Waals surface area (Å²) in [7, 11) is -3.79. The van der Waals surface area contributed by atoms with Crippen LogP contribution in [0.15, 0.2) is 42.5 Å². The number of nitrogens with zero attached hydrogens (tertiary/aromatic N) is 2. The molecule has 1 N–H and O–H groups in total. The van der Waals surface area contributed by atoms with Crippen LogP contribution in [0.4, 0.5) is 5.69 Å². The van der Waals surface area contributed by atoms with Gasteiger partial charge in [0, 0.05) is 18.1 Å². The summed E-state index contributed by atoms with van der Waals surface area (Å²) in [4.78, 5) is 27.3. The van der Waals surface area contributed by atoms with E-state index in [-0.39, 0.29) is 12.5 Å². The first kappa shape index (κ1) is 25.7. The topological polar surface area (TPSA) is 86.8 Å². The maximum atomic E-state index is 13.4. The van der Waals surface area contributed by atoms with Gasteiger partial charge in [0.2, 0.25) is 21.8 Å². The van der Waals surface area contributed by atoms with Crippen molar-refractivity contribution in [3.63, 3.8) is 0 Å². The minimum Gasteiger partial charge on any atom is -0.355 e. The highest BCUT2D eigenvalue weighted by Gasteiger charge is 2.30. The fourth-order valence-electron chi connectivity index (χ4n) is 3.24. The molecule has 2 rings (SSSR count). The molecule has 0 unspecified atom stereocenters. The van der Waals surface area contributed by atoms with Crippen molar-refractivity contribution in [3.05, 3.63) is 64.2 Å². The molecule has 0 radical (unpaired) electrons. The van der Waals surface area contributed by atoms with E-state index in [4.69, 9.17) is 11.6 Å². The number of benzene rings is 2. The number of carbonyl (C=O) groups is 2. The molecular weight excluding hydrogens is 450 g/mol. The second kappa shape index (κ2) is 10.8. The van der Waals surface area contributed by atoms with Crippen molar-refractivity contribution in [2.45, 2.75) is 40.3 Å². The molecule has 0 saturated heterocycles. The van der Waals surface area contributed by atoms with Gasteiger partial charge in [-0.1, -0.05) is 47.5 Å². The predicted octanol–water partition coefficient (Wildman–Crippen LogP) is 3.28. The fourth-order valence-corrected chi connectivity index (χ4v) is 4.31. The summed E-state index contributed by atoms with van der Waals surface area (Å²) < 4.78 is 26.2. The molecule has 0 aliphatic carbocycles. The molecule has 2 amide bonds. The van der Waals surface area contributed by atoms with Crippen molar-refractivity contribution in [1.82, 2.24) is 10.2 Å². The number of likely N-dealkylation sites (N-methyl/N-ethyl adjacent to an activating group) is 1. The van der Waals surface area contributed by atoms with Gasteiger partial charge in [0.1, 0.15) is 12.6 Å². The number of anilines is 1. The molecule has 0 fully saturated rings. The Kier molecular flexibility index (Phi) is 8.69. The minimum atomic E-state index is -3.79. The van der Waals surface area contributed by atoms with Crippen LogP contribution in [-0.2, 0) is 26.2 Å². The average Bonchev–Trinajstić information content (AvgIpc) is 2.72. The number of sulfonamides is 1. The summed E-state index contributed by atoms with van der Waals surface area (Å²) in [5.41, 5.74) is 2.90. The smallest absolute Gasteiger partial charge is 0.244 e. The van der Waals surface area contributed by atoms with E-state index in [1.807, 2.05) is 31.2 Å². The molecule has 7 nitrogen and oxygen atoms in total. The summed E-state index contributed by atoms with van der Waals surface area (Å²) in [6.45, 7) is 7.28. The number of hydrogen-bond acceptors (Lipinski definition) is 4. The minimum absolute atomic E-state index is 0.170. The quantitative estimate of drug-likeness (QED) is 0.598. The Morgan fingerprint density at radius 1 is 1.09 bits per heavy atom. The largest absolute Gasteiger partial charge is 0.355 e. The molecule has 0 spiro atoms. The summed E-state index contributed by atoms with van der Waals surface area (Å²) in [5.74, 6) is -0.799. The van der Waals surface area contributed by atoms with E-state index in [1.165, 1.54) is 11.0 Å². The van der Waals surface area contributed by atoms with Crippen LogP contribution in [0.25, 0.3) is 0 Å². The van der Waals surface area contributed by atoms with Gasteiger partial charge in [-0.15, -0.1) is 0 Å². The van der Waals surface area contributed by atoms with Gasteiger partial charge in [-0.3, -0.25) is 13.9 Å². The Morgan fingerprint density at radius 2 is 1.72 bits per heavy atom. The predicted molar refractivity (Wildman–Crippen MR) is 128 cm³/mol. The number of nitrogens with one attached hydrogen (secondary N) is 1. The highest BCUT2D eigenvalue weighted by atomic mass is 35.5. The van der Waals surface area contributed by atoms with Gasteiger partial charge in [-0.25, -0.2) is 8.42 Å². The van der Waals surface area contributed by atoms with E-state index in [0.717, 1.165) is 21.7 Å². The molecule has 0 bridgehead atoms. The van der Waals surface area contributed by atoms with Crippen LogP contribution in [0.3, 0.4) is 0 Å². The first-order chi connectivity index (χ1) is 14.9. The Balaban J connectivity index is 2.42. The van der Waals surface area contributed by atoms with E-state index < -0.39 is 28.5 Å². The third-order valence-corrected chi connectivity index (χ3v) is 6.47. The van der Waals surface area contributed by atoms with Crippen LogP contribution >= 0.6 is 11.6 Å². The molecule has 2 aromatic rings. The van der Waals surface area contributed by atoms with E-state index >= 15 is 0 Å². The Morgan fingerprint density at radius 3 is 2.28 bits per heavy atom. The van der Waals surface area contributed by atoms with Crippen molar-refractivity contribution in [3.8, 4) is 0 Å². The Labute approximate surface area is 195 Å². The number of aryl methyl sites for hydroxylation is 2. The zero-order chi connectivity index (χ0) is 24.1. The molecule has 0 saturated carbocycles. The summed E-state index contributed by atoms with van der Waals surface area (Å²) in [6.07, 6.45) is 1.04. The number of hydrogen-bond donors (Lipinski definition) is 1. The van der Waals surface area contributed by atoms with Crippen LogP contribution in [0.1, 0.15) is 30.5 Å². The summed E-state index contributed by atoms with van der Waals surface area (Å²) in [5, 5.41) is 3.09. The zero-order valence-electron chi connectivity index (χ0n) is 19.1. The Hall–Kier alpha value is -2.58. The van der Waals surface area contributed by atoms with Gasteiger partial charge in [0.15, 0.2) is 0 Å². The maximum Gasteiger partial charge on any atom is 0.244 e. The lowest BCUT2D eigenvalue weighted by molar-refractivity contribution is -0.139. The van der Waals surface area contributed by atoms with Crippen LogP contribution in [0, 0.1) is 13.8 Å². The van der Waals surface area contributed by atoms with Crippen molar-refractivity contribution in [2.24, 2.45) is 0 Å². The molecule has 0 aliphatic heterocycles. The lowest BCUT2D eigenvalue weighted by Gasteiger charge is -2.32. The lowest BCUT2D eigenvalue weighted by atomic mass is 10.1. The van der Waals surface area contributed by atoms with Crippen LogP contribution in [0.2, 0.25) is 5.02 Å². The number of carbonyl (C=O) groups excluding carboxylic acids is 2. The van der Waals surface area contributed by atoms with Crippen molar-refractivity contribution >= 4 is 39.1 Å². The van der Waals surface area contributed by atoms with E-state index in [0.29, 0.717) is 22.8 Å². The van der Waals surface area contributed by atoms with Crippen LogP contribution in [0.5, 0.6) is 0 Å². The standard InChI is InChI=1S/C23H30ClN3O4S/c1-6-25-23(29)18(4)26(14-19-10-7-16(2)8-11-19)22(28)15-27(32(5,30)31)21-13-20(24)12-9-17(21)3/h7-13,18H,6,14-15H2,1-5H3,(H,25,29)/t18-/m0/s1. The van der Waals surface area contributed by atoms with Gasteiger partial charge < -0.3 is 10.2 Å². The average molecular weight is 480 g/mol. The van der Waals surface area contributed by atoms with Gasteiger partial charge in [-0.2, -0.15) is 0 Å². The molecule has 0 heterocycles. The number of halogens is 1. The number of rotatable bonds is 9. The van der Waals surface area contributed by atoms with Crippen LogP contribution < -0.4 is 9.62 Å². The monoisotopic (exact) mass is 479 g/mol. The van der Waals surface area contributed by atoms with E-state index in [1.54, 1.807) is 32.9 Å². The van der Waals surface area contributed by atoms with Crippen molar-refractivity contribution in [2.75, 3.05) is 23.7 Å². The van der Waals surface area contributed by atoms with Gasteiger partial charge in [-0.05, 0) is 51.0 Å². The zero-order valence-corrected chi connectivity index (χ0v) is 20.6. The molecule has 0 aromatic heterocycles. The summed E-state index contributed by atoms with van der Waals surface area (Å²) in [6, 6.07) is 11.7. The molecular formula is C23H30ClN3O4S. The van der Waals surface area contributed by atoms with Crippen molar-refractivity contribution < 1.29 is 18.0 Å². The van der Waals surface area contributed by atoms with Crippen LogP contribution in [-0.4, -0.2) is 50.5 Å². The van der Waals surface area contributed by atoms with Crippen molar-refractivity contribution in [1.29, 1.82) is 0 Å². The second-order valence-corrected chi connectivity index (χ2v) is 10.1. The third kappa shape index (κ3) is 6.71. The first-order valence-electron chi connectivity index (χ1n) is 10.3. The fraction of sp³-hybridized carbons (Fsp3) is 0.391. The highest BCUT2D eigenvalue weighted by Crippen LogP contribution is 2.26. The molecule has 2 aromatic carbocycles. The van der Waals surface area contributed by atoms with E-state index in [2.05, 4.69) is 5.32 Å². The molecule has 0 aliphatic rings. The highest BCUT2D eigenvalue weighted by molar-refractivity contribution is 7.92. The SMILES string of the molecule is CCNC(=O)[C@H](C)N(Cc1ccc(C)cc1)C(=O)CN(c1cc(Cl)ccc1C)S(C)(=O)=O. The molecule has 1 atom stereocenters. The van der Waals surface area contributed by atoms with E-state index in [9.17, 15) is 18.0 Å². The van der Waals surface area contributed by atoms with Gasteiger partial charge in [0.25, 0.3) is 0 Å². The molecule has 174 valence electrons. The molecule has 32 heavy (non-hydrogen) atoms. The second-order valence-electron chi connectivity index (χ2n) is 7.78. The Bertz CT molecular complexity index is 1070.